The number of aryl methyl sites for hydroxylation is 1. The second-order valence-electron chi connectivity index (χ2n) is 6.61. The summed E-state index contributed by atoms with van der Waals surface area (Å²) in [6.07, 6.45) is 0. The lowest BCUT2D eigenvalue weighted by Gasteiger charge is -2.24. The molecule has 1 aromatic rings. The van der Waals surface area contributed by atoms with Crippen molar-refractivity contribution in [2.45, 2.75) is 40.2 Å². The molecule has 1 aromatic carbocycles. The number of anilines is 1. The molecule has 0 saturated heterocycles. The molecular weight excluding hydrogens is 405 g/mol. The highest BCUT2D eigenvalue weighted by Gasteiger charge is 2.18. The van der Waals surface area contributed by atoms with Gasteiger partial charge in [-0.3, -0.25) is 14.5 Å². The van der Waals surface area contributed by atoms with Crippen molar-refractivity contribution in [2.75, 3.05) is 25.0 Å². The molecule has 23 heavy (non-hydrogen) atoms. The lowest BCUT2D eigenvalue weighted by atomic mass is 10.1. The van der Waals surface area contributed by atoms with E-state index in [1.165, 1.54) is 0 Å². The Morgan fingerprint density at radius 3 is 2.30 bits per heavy atom. The summed E-state index contributed by atoms with van der Waals surface area (Å²) in [7, 11) is 0. The predicted molar refractivity (Wildman–Crippen MR) is 103 cm³/mol. The molecule has 0 radical (unpaired) electrons. The second-order valence-corrected chi connectivity index (χ2v) is 7.85. The molecule has 0 unspecified atom stereocenters. The number of nitrogens with one attached hydrogen (secondary N) is 2. The van der Waals surface area contributed by atoms with Gasteiger partial charge in [0, 0.05) is 14.8 Å². The first kappa shape index (κ1) is 19.9. The Balaban J connectivity index is 2.58. The van der Waals surface area contributed by atoms with E-state index in [2.05, 4.69) is 33.2 Å². The topological polar surface area (TPSA) is 61.4 Å². The molecule has 0 aliphatic carbocycles. The van der Waals surface area contributed by atoms with Crippen LogP contribution in [0.4, 0.5) is 5.69 Å². The van der Waals surface area contributed by atoms with Gasteiger partial charge in [-0.2, -0.15) is 0 Å². The zero-order valence-corrected chi connectivity index (χ0v) is 16.7. The monoisotopic (exact) mass is 431 g/mol. The van der Waals surface area contributed by atoms with Crippen LogP contribution in [0.2, 0.25) is 0 Å². The summed E-state index contributed by atoms with van der Waals surface area (Å²) >= 11 is 2.24. The Labute approximate surface area is 152 Å². The highest BCUT2D eigenvalue weighted by atomic mass is 127. The maximum Gasteiger partial charge on any atom is 0.238 e. The summed E-state index contributed by atoms with van der Waals surface area (Å²) in [5.74, 6) is -0.183. The molecular formula is C17H26IN3O2. The molecule has 5 nitrogen and oxygen atoms in total. The van der Waals surface area contributed by atoms with E-state index < -0.39 is 0 Å². The fraction of sp³-hybridized carbons (Fsp3) is 0.529. The van der Waals surface area contributed by atoms with Crippen molar-refractivity contribution in [3.63, 3.8) is 0 Å². The lowest BCUT2D eigenvalue weighted by molar-refractivity contribution is -0.124. The van der Waals surface area contributed by atoms with E-state index in [0.29, 0.717) is 6.54 Å². The Hall–Kier alpha value is -1.15. The van der Waals surface area contributed by atoms with Crippen LogP contribution >= 0.6 is 22.6 Å². The molecule has 1 rings (SSSR count). The van der Waals surface area contributed by atoms with Gasteiger partial charge in [0.25, 0.3) is 0 Å². The Kier molecular flexibility index (Phi) is 7.47. The molecule has 0 aliphatic heterocycles. The van der Waals surface area contributed by atoms with E-state index in [0.717, 1.165) is 14.8 Å². The summed E-state index contributed by atoms with van der Waals surface area (Å²) < 4.78 is 1.13. The van der Waals surface area contributed by atoms with Crippen molar-refractivity contribution in [2.24, 2.45) is 0 Å². The van der Waals surface area contributed by atoms with Gasteiger partial charge in [0.05, 0.1) is 13.1 Å². The van der Waals surface area contributed by atoms with E-state index >= 15 is 0 Å². The first-order valence-electron chi connectivity index (χ1n) is 7.70. The van der Waals surface area contributed by atoms with Crippen LogP contribution in [0, 0.1) is 10.5 Å². The van der Waals surface area contributed by atoms with E-state index in [1.807, 2.05) is 57.7 Å². The van der Waals surface area contributed by atoms with Crippen molar-refractivity contribution >= 4 is 40.1 Å². The zero-order valence-electron chi connectivity index (χ0n) is 14.5. The number of benzene rings is 1. The minimum absolute atomic E-state index is 0.0717. The quantitative estimate of drug-likeness (QED) is 0.682. The van der Waals surface area contributed by atoms with Gasteiger partial charge in [0.15, 0.2) is 0 Å². The number of likely N-dealkylation sites (N-methyl/N-ethyl adjacent to an activating group) is 1. The molecule has 0 heterocycles. The molecule has 0 aromatic heterocycles. The number of amides is 2. The average molecular weight is 431 g/mol. The van der Waals surface area contributed by atoms with Crippen molar-refractivity contribution in [1.82, 2.24) is 10.2 Å². The number of halogens is 1. The first-order valence-corrected chi connectivity index (χ1v) is 8.78. The number of carbonyl (C=O) groups is 2. The first-order chi connectivity index (χ1) is 10.6. The van der Waals surface area contributed by atoms with Crippen LogP contribution in [0.25, 0.3) is 0 Å². The third-order valence-electron chi connectivity index (χ3n) is 3.16. The maximum atomic E-state index is 12.2. The van der Waals surface area contributed by atoms with Crippen LogP contribution in [0.3, 0.4) is 0 Å². The van der Waals surface area contributed by atoms with Crippen LogP contribution in [0.1, 0.15) is 33.3 Å². The third-order valence-corrected chi connectivity index (χ3v) is 3.83. The van der Waals surface area contributed by atoms with Crippen molar-refractivity contribution in [3.05, 3.63) is 27.3 Å². The number of carbonyl (C=O) groups excluding carboxylic acids is 2. The number of rotatable bonds is 6. The van der Waals surface area contributed by atoms with Gasteiger partial charge in [-0.05, 0) is 80.6 Å². The molecule has 0 saturated carbocycles. The van der Waals surface area contributed by atoms with Crippen LogP contribution in [-0.4, -0.2) is 41.9 Å². The average Bonchev–Trinajstić information content (AvgIpc) is 2.39. The second kappa shape index (κ2) is 8.63. The van der Waals surface area contributed by atoms with Gasteiger partial charge in [-0.25, -0.2) is 0 Å². The van der Waals surface area contributed by atoms with Gasteiger partial charge in [0.1, 0.15) is 0 Å². The molecule has 128 valence electrons. The molecule has 6 heteroatoms. The van der Waals surface area contributed by atoms with E-state index in [-0.39, 0.29) is 30.4 Å². The van der Waals surface area contributed by atoms with Gasteiger partial charge in [0.2, 0.25) is 11.8 Å². The number of hydrogen-bond donors (Lipinski definition) is 2. The highest BCUT2D eigenvalue weighted by Crippen LogP contribution is 2.17. The highest BCUT2D eigenvalue weighted by molar-refractivity contribution is 14.1. The predicted octanol–water partition coefficient (Wildman–Crippen LogP) is 2.77. The summed E-state index contributed by atoms with van der Waals surface area (Å²) in [6, 6.07) is 5.87. The van der Waals surface area contributed by atoms with Gasteiger partial charge >= 0.3 is 0 Å². The zero-order chi connectivity index (χ0) is 17.6. The molecule has 0 spiro atoms. The van der Waals surface area contributed by atoms with Gasteiger partial charge in [-0.15, -0.1) is 0 Å². The smallest absolute Gasteiger partial charge is 0.238 e. The van der Waals surface area contributed by atoms with Crippen LogP contribution in [-0.2, 0) is 9.59 Å². The maximum absolute atomic E-state index is 12.2. The largest absolute Gasteiger partial charge is 0.350 e. The summed E-state index contributed by atoms with van der Waals surface area (Å²) in [4.78, 5) is 26.0. The van der Waals surface area contributed by atoms with Crippen molar-refractivity contribution < 1.29 is 9.59 Å². The lowest BCUT2D eigenvalue weighted by Crippen LogP contribution is -2.47. The molecule has 0 bridgehead atoms. The van der Waals surface area contributed by atoms with E-state index in [4.69, 9.17) is 0 Å². The molecule has 0 fully saturated rings. The summed E-state index contributed by atoms with van der Waals surface area (Å²) in [5, 5.41) is 5.82. The SMILES string of the molecule is CCN(CC(=O)Nc1ccc(I)cc1C)CC(=O)NC(C)(C)C. The third kappa shape index (κ3) is 7.78. The fourth-order valence-corrected chi connectivity index (χ4v) is 2.75. The normalized spacial score (nSPS) is 11.4. The van der Waals surface area contributed by atoms with E-state index in [1.54, 1.807) is 0 Å². The summed E-state index contributed by atoms with van der Waals surface area (Å²) in [5.41, 5.74) is 1.57. The molecule has 2 amide bonds. The molecule has 0 aliphatic rings. The Morgan fingerprint density at radius 2 is 1.78 bits per heavy atom. The molecule has 0 atom stereocenters. The number of hydrogen-bond acceptors (Lipinski definition) is 3. The van der Waals surface area contributed by atoms with E-state index in [9.17, 15) is 9.59 Å². The standard InChI is InChI=1S/C17H26IN3O2/c1-6-21(11-16(23)20-17(3,4)5)10-15(22)19-14-8-7-13(18)9-12(14)2/h7-9H,6,10-11H2,1-5H3,(H,19,22)(H,20,23). The number of nitrogens with zero attached hydrogens (tertiary/aromatic N) is 1. The Bertz CT molecular complexity index is 567. The Morgan fingerprint density at radius 1 is 1.17 bits per heavy atom. The van der Waals surface area contributed by atoms with Gasteiger partial charge in [-0.1, -0.05) is 6.92 Å². The molecule has 2 N–H and O–H groups in total. The minimum Gasteiger partial charge on any atom is -0.350 e. The van der Waals surface area contributed by atoms with Crippen molar-refractivity contribution in [3.8, 4) is 0 Å². The van der Waals surface area contributed by atoms with Crippen LogP contribution in [0.5, 0.6) is 0 Å². The fourth-order valence-electron chi connectivity index (χ4n) is 2.10. The minimum atomic E-state index is -0.267. The van der Waals surface area contributed by atoms with Gasteiger partial charge < -0.3 is 10.6 Å². The van der Waals surface area contributed by atoms with Crippen LogP contribution in [0.15, 0.2) is 18.2 Å². The summed E-state index contributed by atoms with van der Waals surface area (Å²) in [6.45, 7) is 10.8. The van der Waals surface area contributed by atoms with Crippen LogP contribution < -0.4 is 10.6 Å². The van der Waals surface area contributed by atoms with Crippen molar-refractivity contribution in [1.29, 1.82) is 0 Å².